The van der Waals surface area contributed by atoms with E-state index in [4.69, 9.17) is 9.84 Å². The number of carbonyl (C=O) groups is 1. The van der Waals surface area contributed by atoms with E-state index in [0.717, 1.165) is 22.2 Å². The number of carboxylic acid groups (broad SMARTS) is 1. The minimum Gasteiger partial charge on any atom is -0.497 e. The second kappa shape index (κ2) is 4.41. The zero-order valence-electron chi connectivity index (χ0n) is 9.73. The zero-order chi connectivity index (χ0) is 12.4. The number of aliphatic carboxylic acids is 1. The Kier molecular flexibility index (Phi) is 2.95. The molecule has 2 aromatic rings. The van der Waals surface area contributed by atoms with Gasteiger partial charge >= 0.3 is 5.97 Å². The van der Waals surface area contributed by atoms with Gasteiger partial charge in [0, 0.05) is 11.1 Å². The van der Waals surface area contributed by atoms with Crippen molar-refractivity contribution >= 4 is 16.9 Å². The standard InChI is InChI=1S/C13H13NO3/c1-8-5-9(6-13(15)16)11-7-10(17-2)3-4-12(11)14-8/h3-5,7H,6H2,1-2H3,(H,15,16). The normalized spacial score (nSPS) is 10.5. The van der Waals surface area contributed by atoms with E-state index in [1.54, 1.807) is 13.2 Å². The lowest BCUT2D eigenvalue weighted by Gasteiger charge is -2.07. The number of carboxylic acids is 1. The van der Waals surface area contributed by atoms with E-state index >= 15 is 0 Å². The van der Waals surface area contributed by atoms with Gasteiger partial charge in [-0.2, -0.15) is 0 Å². The Morgan fingerprint density at radius 2 is 2.18 bits per heavy atom. The summed E-state index contributed by atoms with van der Waals surface area (Å²) in [6.07, 6.45) is -0.00692. The molecule has 0 fully saturated rings. The van der Waals surface area contributed by atoms with Gasteiger partial charge in [0.15, 0.2) is 0 Å². The summed E-state index contributed by atoms with van der Waals surface area (Å²) < 4.78 is 5.14. The van der Waals surface area contributed by atoms with E-state index in [1.165, 1.54) is 0 Å². The molecule has 4 nitrogen and oxygen atoms in total. The maximum atomic E-state index is 10.8. The van der Waals surface area contributed by atoms with Gasteiger partial charge in [-0.15, -0.1) is 0 Å². The molecule has 0 aliphatic rings. The number of aromatic nitrogens is 1. The Morgan fingerprint density at radius 3 is 2.82 bits per heavy atom. The maximum absolute atomic E-state index is 10.8. The van der Waals surface area contributed by atoms with Gasteiger partial charge < -0.3 is 9.84 Å². The Morgan fingerprint density at radius 1 is 1.41 bits per heavy atom. The van der Waals surface area contributed by atoms with Crippen LogP contribution in [0.2, 0.25) is 0 Å². The number of nitrogens with zero attached hydrogens (tertiary/aromatic N) is 1. The molecule has 1 N–H and O–H groups in total. The molecule has 1 heterocycles. The van der Waals surface area contributed by atoms with Crippen molar-refractivity contribution in [3.05, 3.63) is 35.5 Å². The summed E-state index contributed by atoms with van der Waals surface area (Å²) in [7, 11) is 1.58. The van der Waals surface area contributed by atoms with Crippen LogP contribution in [-0.2, 0) is 11.2 Å². The molecule has 0 aliphatic carbocycles. The fourth-order valence-corrected chi connectivity index (χ4v) is 1.86. The summed E-state index contributed by atoms with van der Waals surface area (Å²) in [5.41, 5.74) is 2.37. The molecule has 0 aliphatic heterocycles. The van der Waals surface area contributed by atoms with Crippen LogP contribution in [0.25, 0.3) is 10.9 Å². The second-order valence-corrected chi connectivity index (χ2v) is 3.88. The number of benzene rings is 1. The number of ether oxygens (including phenoxy) is 1. The SMILES string of the molecule is COc1ccc2nc(C)cc(CC(=O)O)c2c1. The van der Waals surface area contributed by atoms with Crippen LogP contribution in [0.15, 0.2) is 24.3 Å². The van der Waals surface area contributed by atoms with Crippen molar-refractivity contribution in [2.75, 3.05) is 7.11 Å². The quantitative estimate of drug-likeness (QED) is 0.879. The van der Waals surface area contributed by atoms with Gasteiger partial charge in [0.05, 0.1) is 19.0 Å². The molecule has 0 saturated carbocycles. The van der Waals surface area contributed by atoms with Gasteiger partial charge in [-0.1, -0.05) is 0 Å². The number of fused-ring (bicyclic) bond motifs is 1. The fourth-order valence-electron chi connectivity index (χ4n) is 1.86. The predicted octanol–water partition coefficient (Wildman–Crippen LogP) is 2.18. The number of pyridine rings is 1. The third-order valence-electron chi connectivity index (χ3n) is 2.57. The van der Waals surface area contributed by atoms with Crippen molar-refractivity contribution in [3.63, 3.8) is 0 Å². The number of aryl methyl sites for hydroxylation is 1. The summed E-state index contributed by atoms with van der Waals surface area (Å²) in [4.78, 5) is 15.2. The first-order valence-electron chi connectivity index (χ1n) is 5.26. The lowest BCUT2D eigenvalue weighted by atomic mass is 10.0. The molecule has 88 valence electrons. The summed E-state index contributed by atoms with van der Waals surface area (Å²) in [5, 5.41) is 9.72. The van der Waals surface area contributed by atoms with Crippen LogP contribution in [0.3, 0.4) is 0 Å². The van der Waals surface area contributed by atoms with Crippen molar-refractivity contribution in [2.45, 2.75) is 13.3 Å². The molecule has 1 aromatic carbocycles. The molecule has 0 atom stereocenters. The average molecular weight is 231 g/mol. The highest BCUT2D eigenvalue weighted by Crippen LogP contribution is 2.23. The molecule has 17 heavy (non-hydrogen) atoms. The van der Waals surface area contributed by atoms with Crippen LogP contribution in [0.4, 0.5) is 0 Å². The van der Waals surface area contributed by atoms with Crippen LogP contribution < -0.4 is 4.74 Å². The number of rotatable bonds is 3. The number of hydrogen-bond acceptors (Lipinski definition) is 3. The molecular formula is C13H13NO3. The lowest BCUT2D eigenvalue weighted by Crippen LogP contribution is -2.02. The molecule has 0 unspecified atom stereocenters. The van der Waals surface area contributed by atoms with Gasteiger partial charge in [-0.25, -0.2) is 0 Å². The average Bonchev–Trinajstić information content (AvgIpc) is 2.27. The summed E-state index contributed by atoms with van der Waals surface area (Å²) >= 11 is 0. The first-order valence-corrected chi connectivity index (χ1v) is 5.26. The van der Waals surface area contributed by atoms with Gasteiger partial charge in [0.1, 0.15) is 5.75 Å². The van der Waals surface area contributed by atoms with Crippen LogP contribution in [0.1, 0.15) is 11.3 Å². The summed E-state index contributed by atoms with van der Waals surface area (Å²) in [6, 6.07) is 7.28. The van der Waals surface area contributed by atoms with Crippen molar-refractivity contribution in [3.8, 4) is 5.75 Å². The third kappa shape index (κ3) is 2.36. The first kappa shape index (κ1) is 11.4. The Hall–Kier alpha value is -2.10. The molecule has 0 radical (unpaired) electrons. The highest BCUT2D eigenvalue weighted by atomic mass is 16.5. The van der Waals surface area contributed by atoms with Gasteiger partial charge in [-0.3, -0.25) is 9.78 Å². The Labute approximate surface area is 98.9 Å². The summed E-state index contributed by atoms with van der Waals surface area (Å²) in [5.74, 6) is -0.144. The minimum atomic E-state index is -0.847. The second-order valence-electron chi connectivity index (χ2n) is 3.88. The number of methoxy groups -OCH3 is 1. The maximum Gasteiger partial charge on any atom is 0.307 e. The van der Waals surface area contributed by atoms with Crippen molar-refractivity contribution in [2.24, 2.45) is 0 Å². The van der Waals surface area contributed by atoms with Crippen LogP contribution in [0.5, 0.6) is 5.75 Å². The van der Waals surface area contributed by atoms with Crippen LogP contribution in [-0.4, -0.2) is 23.2 Å². The lowest BCUT2D eigenvalue weighted by molar-refractivity contribution is -0.136. The smallest absolute Gasteiger partial charge is 0.307 e. The summed E-state index contributed by atoms with van der Waals surface area (Å²) in [6.45, 7) is 1.86. The zero-order valence-corrected chi connectivity index (χ0v) is 9.73. The van der Waals surface area contributed by atoms with Gasteiger partial charge in [0.2, 0.25) is 0 Å². The monoisotopic (exact) mass is 231 g/mol. The topological polar surface area (TPSA) is 59.4 Å². The molecule has 2 rings (SSSR count). The minimum absolute atomic E-state index is 0.00692. The molecule has 0 bridgehead atoms. The number of hydrogen-bond donors (Lipinski definition) is 1. The third-order valence-corrected chi connectivity index (χ3v) is 2.57. The molecule has 4 heteroatoms. The molecule has 1 aromatic heterocycles. The van der Waals surface area contributed by atoms with Crippen LogP contribution in [0, 0.1) is 6.92 Å². The van der Waals surface area contributed by atoms with Gasteiger partial charge in [0.25, 0.3) is 0 Å². The molecule has 0 amide bonds. The van der Waals surface area contributed by atoms with E-state index in [-0.39, 0.29) is 6.42 Å². The first-order chi connectivity index (χ1) is 8.10. The van der Waals surface area contributed by atoms with Crippen molar-refractivity contribution < 1.29 is 14.6 Å². The van der Waals surface area contributed by atoms with E-state index in [1.807, 2.05) is 25.1 Å². The molecule has 0 spiro atoms. The predicted molar refractivity (Wildman–Crippen MR) is 64.4 cm³/mol. The highest BCUT2D eigenvalue weighted by Gasteiger charge is 2.08. The van der Waals surface area contributed by atoms with E-state index in [9.17, 15) is 4.79 Å². The van der Waals surface area contributed by atoms with E-state index < -0.39 is 5.97 Å². The molecular weight excluding hydrogens is 218 g/mol. The van der Waals surface area contributed by atoms with Crippen LogP contribution >= 0.6 is 0 Å². The van der Waals surface area contributed by atoms with Gasteiger partial charge in [-0.05, 0) is 36.8 Å². The largest absolute Gasteiger partial charge is 0.497 e. The Bertz CT molecular complexity index is 578. The van der Waals surface area contributed by atoms with E-state index in [2.05, 4.69) is 4.98 Å². The Balaban J connectivity index is 2.65. The fraction of sp³-hybridized carbons (Fsp3) is 0.231. The van der Waals surface area contributed by atoms with Crippen molar-refractivity contribution in [1.29, 1.82) is 0 Å². The highest BCUT2D eigenvalue weighted by molar-refractivity contribution is 5.87. The molecule has 0 saturated heterocycles. The van der Waals surface area contributed by atoms with E-state index in [0.29, 0.717) is 5.75 Å². The van der Waals surface area contributed by atoms with Crippen molar-refractivity contribution in [1.82, 2.24) is 4.98 Å².